The number of ether oxygens (including phenoxy) is 2. The monoisotopic (exact) mass is 526 g/mol. The van der Waals surface area contributed by atoms with Crippen LogP contribution in [0.4, 0.5) is 5.95 Å². The minimum atomic E-state index is -0.0310. The van der Waals surface area contributed by atoms with Crippen molar-refractivity contribution in [1.82, 2.24) is 9.97 Å². The highest BCUT2D eigenvalue weighted by Gasteiger charge is 2.33. The zero-order valence-electron chi connectivity index (χ0n) is 20.3. The molecule has 0 saturated heterocycles. The van der Waals surface area contributed by atoms with E-state index in [1.54, 1.807) is 25.6 Å². The molecule has 37 heavy (non-hydrogen) atoms. The third kappa shape index (κ3) is 4.41. The third-order valence-corrected chi connectivity index (χ3v) is 7.61. The van der Waals surface area contributed by atoms with E-state index in [1.165, 1.54) is 4.88 Å². The van der Waals surface area contributed by atoms with E-state index < -0.39 is 0 Å². The highest BCUT2D eigenvalue weighted by atomic mass is 35.5. The number of nitrogens with zero attached hydrogens (tertiary/aromatic N) is 4. The van der Waals surface area contributed by atoms with E-state index in [2.05, 4.69) is 17.5 Å². The maximum Gasteiger partial charge on any atom is 0.247 e. The second-order valence-electron chi connectivity index (χ2n) is 8.60. The molecule has 3 heterocycles. The molecule has 5 aromatic rings. The summed E-state index contributed by atoms with van der Waals surface area (Å²) in [4.78, 5) is 11.2. The summed E-state index contributed by atoms with van der Waals surface area (Å²) in [6, 6.07) is 25.8. The van der Waals surface area contributed by atoms with Crippen LogP contribution in [-0.2, 0) is 0 Å². The Bertz CT molecular complexity index is 1610. The summed E-state index contributed by atoms with van der Waals surface area (Å²) in [7, 11) is 3.27. The molecular formula is C29H23ClN4O2S. The van der Waals surface area contributed by atoms with Crippen molar-refractivity contribution < 1.29 is 9.47 Å². The Labute approximate surface area is 223 Å². The number of benzene rings is 3. The molecule has 0 N–H and O–H groups in total. The van der Waals surface area contributed by atoms with E-state index in [0.29, 0.717) is 28.9 Å². The Hall–Kier alpha value is -3.94. The van der Waals surface area contributed by atoms with Crippen LogP contribution in [0.1, 0.15) is 22.9 Å². The van der Waals surface area contributed by atoms with E-state index in [1.807, 2.05) is 71.7 Å². The third-order valence-electron chi connectivity index (χ3n) is 6.40. The van der Waals surface area contributed by atoms with Gasteiger partial charge in [0.1, 0.15) is 0 Å². The quantitative estimate of drug-likeness (QED) is 0.231. The van der Waals surface area contributed by atoms with E-state index in [4.69, 9.17) is 36.1 Å². The number of fused-ring (bicyclic) bond motifs is 1. The zero-order valence-corrected chi connectivity index (χ0v) is 21.8. The molecule has 184 valence electrons. The lowest BCUT2D eigenvalue weighted by Gasteiger charge is -2.21. The van der Waals surface area contributed by atoms with Gasteiger partial charge in [-0.3, -0.25) is 0 Å². The molecule has 1 aliphatic heterocycles. The van der Waals surface area contributed by atoms with E-state index >= 15 is 0 Å². The molecule has 2 aromatic heterocycles. The van der Waals surface area contributed by atoms with Crippen LogP contribution in [0.3, 0.4) is 0 Å². The highest BCUT2D eigenvalue weighted by molar-refractivity contribution is 7.10. The minimum Gasteiger partial charge on any atom is -0.493 e. The van der Waals surface area contributed by atoms with Crippen molar-refractivity contribution in [2.75, 3.05) is 19.2 Å². The number of rotatable bonds is 6. The summed E-state index contributed by atoms with van der Waals surface area (Å²) in [6.45, 7) is 0. The molecule has 1 atom stereocenters. The van der Waals surface area contributed by atoms with Gasteiger partial charge in [-0.05, 0) is 47.8 Å². The fourth-order valence-electron chi connectivity index (χ4n) is 4.59. The average molecular weight is 527 g/mol. The SMILES string of the molecule is COc1ccc(C2=NN(c3nc(-c4ccccc4)c4cc(Cl)ccc4n3)[C@H](c3cccs3)C2)cc1OC. The summed E-state index contributed by atoms with van der Waals surface area (Å²) in [6.07, 6.45) is 0.707. The van der Waals surface area contributed by atoms with Crippen molar-refractivity contribution in [3.8, 4) is 22.8 Å². The fourth-order valence-corrected chi connectivity index (χ4v) is 5.58. The van der Waals surface area contributed by atoms with Crippen molar-refractivity contribution in [2.45, 2.75) is 12.5 Å². The van der Waals surface area contributed by atoms with Gasteiger partial charge < -0.3 is 9.47 Å². The molecule has 6 nitrogen and oxygen atoms in total. The summed E-state index contributed by atoms with van der Waals surface area (Å²) in [5.41, 5.74) is 4.53. The van der Waals surface area contributed by atoms with Crippen molar-refractivity contribution in [3.05, 3.63) is 99.7 Å². The predicted octanol–water partition coefficient (Wildman–Crippen LogP) is 7.38. The Morgan fingerprint density at radius 2 is 1.70 bits per heavy atom. The van der Waals surface area contributed by atoms with Gasteiger partial charge in [-0.2, -0.15) is 5.10 Å². The van der Waals surface area contributed by atoms with Gasteiger partial charge >= 0.3 is 0 Å². The van der Waals surface area contributed by atoms with Gasteiger partial charge in [0.2, 0.25) is 5.95 Å². The first-order valence-electron chi connectivity index (χ1n) is 11.8. The van der Waals surface area contributed by atoms with Crippen molar-refractivity contribution in [2.24, 2.45) is 5.10 Å². The lowest BCUT2D eigenvalue weighted by Crippen LogP contribution is -2.20. The summed E-state index contributed by atoms with van der Waals surface area (Å²) in [5, 5.41) is 10.6. The van der Waals surface area contributed by atoms with Crippen LogP contribution in [0.15, 0.2) is 89.3 Å². The molecular weight excluding hydrogens is 504 g/mol. The van der Waals surface area contributed by atoms with E-state index in [9.17, 15) is 0 Å². The van der Waals surface area contributed by atoms with Gasteiger partial charge in [0.15, 0.2) is 11.5 Å². The summed E-state index contributed by atoms with van der Waals surface area (Å²) < 4.78 is 11.0. The summed E-state index contributed by atoms with van der Waals surface area (Å²) >= 11 is 8.07. The van der Waals surface area contributed by atoms with Crippen molar-refractivity contribution in [3.63, 3.8) is 0 Å². The number of halogens is 1. The normalized spacial score (nSPS) is 15.2. The minimum absolute atomic E-state index is 0.0310. The first kappa shape index (κ1) is 23.5. The molecule has 0 radical (unpaired) electrons. The molecule has 0 aliphatic carbocycles. The molecule has 0 amide bonds. The van der Waals surface area contributed by atoms with Crippen LogP contribution in [-0.4, -0.2) is 29.9 Å². The first-order chi connectivity index (χ1) is 18.1. The van der Waals surface area contributed by atoms with Gasteiger partial charge in [0, 0.05) is 32.8 Å². The highest BCUT2D eigenvalue weighted by Crippen LogP contribution is 2.40. The molecule has 8 heteroatoms. The second-order valence-corrected chi connectivity index (χ2v) is 10.0. The Morgan fingerprint density at radius 1 is 0.865 bits per heavy atom. The number of aromatic nitrogens is 2. The average Bonchev–Trinajstić information content (AvgIpc) is 3.63. The van der Waals surface area contributed by atoms with Crippen LogP contribution in [0, 0.1) is 0 Å². The van der Waals surface area contributed by atoms with Crippen LogP contribution >= 0.6 is 22.9 Å². The molecule has 0 saturated carbocycles. The lowest BCUT2D eigenvalue weighted by atomic mass is 10.0. The predicted molar refractivity (Wildman–Crippen MR) is 150 cm³/mol. The zero-order chi connectivity index (χ0) is 25.4. The smallest absolute Gasteiger partial charge is 0.247 e. The van der Waals surface area contributed by atoms with E-state index in [-0.39, 0.29) is 6.04 Å². The number of methoxy groups -OCH3 is 2. The standard InChI is InChI=1S/C29H23ClN4O2S/c1-35-25-13-10-19(15-26(25)36-2)23-17-24(27-9-6-14-37-27)34(33-23)29-31-22-12-11-20(30)16-21(22)28(32-29)18-7-4-3-5-8-18/h3-16,24H,17H2,1-2H3/t24-/m0/s1. The van der Waals surface area contributed by atoms with Crippen molar-refractivity contribution >= 4 is 45.5 Å². The lowest BCUT2D eigenvalue weighted by molar-refractivity contribution is 0.355. The number of hydrogen-bond acceptors (Lipinski definition) is 7. The second kappa shape index (κ2) is 9.84. The van der Waals surface area contributed by atoms with Crippen LogP contribution < -0.4 is 14.5 Å². The first-order valence-corrected chi connectivity index (χ1v) is 13.1. The van der Waals surface area contributed by atoms with Gasteiger partial charge in [0.25, 0.3) is 0 Å². The molecule has 0 spiro atoms. The van der Waals surface area contributed by atoms with Gasteiger partial charge in [0.05, 0.1) is 37.2 Å². The van der Waals surface area contributed by atoms with E-state index in [0.717, 1.165) is 33.4 Å². The number of hydrazone groups is 1. The molecule has 1 aliphatic rings. The molecule has 0 bridgehead atoms. The number of anilines is 1. The Kier molecular flexibility index (Phi) is 6.24. The topological polar surface area (TPSA) is 59.8 Å². The maximum absolute atomic E-state index is 6.36. The largest absolute Gasteiger partial charge is 0.493 e. The van der Waals surface area contributed by atoms with Crippen molar-refractivity contribution in [1.29, 1.82) is 0 Å². The number of hydrogen-bond donors (Lipinski definition) is 0. The Morgan fingerprint density at radius 3 is 2.46 bits per heavy atom. The Balaban J connectivity index is 1.51. The van der Waals surface area contributed by atoms with Gasteiger partial charge in [-0.15, -0.1) is 11.3 Å². The summed E-state index contributed by atoms with van der Waals surface area (Å²) in [5.74, 6) is 1.89. The van der Waals surface area contributed by atoms with Crippen LogP contribution in [0.2, 0.25) is 5.02 Å². The van der Waals surface area contributed by atoms with Crippen LogP contribution in [0.25, 0.3) is 22.2 Å². The molecule has 0 fully saturated rings. The molecule has 3 aromatic carbocycles. The van der Waals surface area contributed by atoms with Gasteiger partial charge in [-0.1, -0.05) is 48.0 Å². The van der Waals surface area contributed by atoms with Crippen LogP contribution in [0.5, 0.6) is 11.5 Å². The molecule has 6 rings (SSSR count). The number of thiophene rings is 1. The maximum atomic E-state index is 6.36. The molecule has 0 unspecified atom stereocenters. The van der Waals surface area contributed by atoms with Gasteiger partial charge in [-0.25, -0.2) is 15.0 Å². The fraction of sp³-hybridized carbons (Fsp3) is 0.138.